The van der Waals surface area contributed by atoms with Gasteiger partial charge in [0.1, 0.15) is 11.5 Å². The van der Waals surface area contributed by atoms with Gasteiger partial charge in [0.2, 0.25) is 5.95 Å². The molecule has 3 aromatic rings. The van der Waals surface area contributed by atoms with Gasteiger partial charge in [-0.2, -0.15) is 4.98 Å². The van der Waals surface area contributed by atoms with Crippen LogP contribution in [0.15, 0.2) is 30.5 Å². The summed E-state index contributed by atoms with van der Waals surface area (Å²) >= 11 is 0. The van der Waals surface area contributed by atoms with E-state index in [1.807, 2.05) is 44.4 Å². The molecule has 3 aromatic heterocycles. The third-order valence-corrected chi connectivity index (χ3v) is 4.95. The Morgan fingerprint density at radius 2 is 2.04 bits per heavy atom. The fraction of sp³-hybridized carbons (Fsp3) is 0.389. The third kappa shape index (κ3) is 2.91. The van der Waals surface area contributed by atoms with Crippen molar-refractivity contribution in [3.05, 3.63) is 47.5 Å². The van der Waals surface area contributed by atoms with Crippen LogP contribution in [0.3, 0.4) is 0 Å². The standard InChI is InChI=1S/C18H23N7/c1-11-15(25-6-4-3-5-16(25)21-11)10-24(2)17-9-14(22-18(20)23-17)12-7-13(19)8-12/h3-6,9,12-13H,7-8,10,19H2,1-2H3,(H2,20,22,23). The number of aromatic nitrogens is 4. The molecule has 0 radical (unpaired) electrons. The summed E-state index contributed by atoms with van der Waals surface area (Å²) in [6.07, 6.45) is 3.96. The second-order valence-corrected chi connectivity index (χ2v) is 6.87. The predicted octanol–water partition coefficient (Wildman–Crippen LogP) is 1.86. The van der Waals surface area contributed by atoms with Crippen molar-refractivity contribution in [2.24, 2.45) is 5.73 Å². The minimum Gasteiger partial charge on any atom is -0.368 e. The summed E-state index contributed by atoms with van der Waals surface area (Å²) in [6.45, 7) is 2.72. The van der Waals surface area contributed by atoms with E-state index in [1.165, 1.54) is 0 Å². The number of nitrogens with zero attached hydrogens (tertiary/aromatic N) is 5. The zero-order valence-electron chi connectivity index (χ0n) is 14.6. The van der Waals surface area contributed by atoms with Crippen molar-refractivity contribution in [1.29, 1.82) is 0 Å². The molecule has 0 spiro atoms. The van der Waals surface area contributed by atoms with E-state index in [-0.39, 0.29) is 6.04 Å². The third-order valence-electron chi connectivity index (χ3n) is 4.95. The molecule has 0 atom stereocenters. The van der Waals surface area contributed by atoms with Crippen LogP contribution in [-0.2, 0) is 6.54 Å². The van der Waals surface area contributed by atoms with Crippen LogP contribution in [0.1, 0.15) is 35.8 Å². The summed E-state index contributed by atoms with van der Waals surface area (Å²) in [4.78, 5) is 15.5. The number of fused-ring (bicyclic) bond motifs is 1. The van der Waals surface area contributed by atoms with E-state index in [4.69, 9.17) is 11.5 Å². The van der Waals surface area contributed by atoms with Gasteiger partial charge in [-0.1, -0.05) is 6.07 Å². The van der Waals surface area contributed by atoms with Gasteiger partial charge in [-0.3, -0.25) is 0 Å². The maximum absolute atomic E-state index is 5.94. The molecule has 25 heavy (non-hydrogen) atoms. The summed E-state index contributed by atoms with van der Waals surface area (Å²) in [7, 11) is 2.01. The maximum atomic E-state index is 5.94. The molecule has 0 aromatic carbocycles. The van der Waals surface area contributed by atoms with Gasteiger partial charge in [0.05, 0.1) is 23.6 Å². The first-order valence-electron chi connectivity index (χ1n) is 8.55. The highest BCUT2D eigenvalue weighted by Gasteiger charge is 2.29. The van der Waals surface area contributed by atoms with Gasteiger partial charge >= 0.3 is 0 Å². The van der Waals surface area contributed by atoms with E-state index in [0.717, 1.165) is 41.4 Å². The van der Waals surface area contributed by atoms with Crippen LogP contribution in [-0.4, -0.2) is 32.4 Å². The van der Waals surface area contributed by atoms with E-state index < -0.39 is 0 Å². The highest BCUT2D eigenvalue weighted by molar-refractivity contribution is 5.47. The van der Waals surface area contributed by atoms with Crippen molar-refractivity contribution < 1.29 is 0 Å². The second-order valence-electron chi connectivity index (χ2n) is 6.87. The Balaban J connectivity index is 1.62. The lowest BCUT2D eigenvalue weighted by atomic mass is 9.78. The van der Waals surface area contributed by atoms with Crippen LogP contribution in [0.5, 0.6) is 0 Å². The van der Waals surface area contributed by atoms with Crippen molar-refractivity contribution in [3.63, 3.8) is 0 Å². The molecular formula is C18H23N7. The number of anilines is 2. The van der Waals surface area contributed by atoms with E-state index in [2.05, 4.69) is 24.3 Å². The van der Waals surface area contributed by atoms with Crippen molar-refractivity contribution in [3.8, 4) is 0 Å². The number of rotatable bonds is 4. The number of imidazole rings is 1. The van der Waals surface area contributed by atoms with Crippen molar-refractivity contribution in [2.45, 2.75) is 38.3 Å². The molecule has 0 unspecified atom stereocenters. The van der Waals surface area contributed by atoms with Crippen molar-refractivity contribution in [1.82, 2.24) is 19.4 Å². The van der Waals surface area contributed by atoms with Crippen LogP contribution in [0.4, 0.5) is 11.8 Å². The Morgan fingerprint density at radius 3 is 2.80 bits per heavy atom. The number of pyridine rings is 1. The van der Waals surface area contributed by atoms with Crippen LogP contribution >= 0.6 is 0 Å². The molecule has 4 rings (SSSR count). The quantitative estimate of drug-likeness (QED) is 0.754. The van der Waals surface area contributed by atoms with Gasteiger partial charge in [0, 0.05) is 31.3 Å². The van der Waals surface area contributed by atoms with E-state index in [9.17, 15) is 0 Å². The molecule has 4 N–H and O–H groups in total. The summed E-state index contributed by atoms with van der Waals surface area (Å²) in [6, 6.07) is 8.33. The van der Waals surface area contributed by atoms with Crippen LogP contribution in [0, 0.1) is 6.92 Å². The average molecular weight is 337 g/mol. The second kappa shape index (κ2) is 6.00. The van der Waals surface area contributed by atoms with Gasteiger partial charge < -0.3 is 20.8 Å². The molecular weight excluding hydrogens is 314 g/mol. The number of hydrogen-bond donors (Lipinski definition) is 2. The molecule has 0 aliphatic heterocycles. The lowest BCUT2D eigenvalue weighted by Gasteiger charge is -2.32. The molecule has 3 heterocycles. The smallest absolute Gasteiger partial charge is 0.222 e. The Labute approximate surface area is 146 Å². The normalized spacial score (nSPS) is 19.8. The fourth-order valence-corrected chi connectivity index (χ4v) is 3.44. The number of hydrogen-bond acceptors (Lipinski definition) is 6. The Bertz CT molecular complexity index is 911. The van der Waals surface area contributed by atoms with E-state index >= 15 is 0 Å². The highest BCUT2D eigenvalue weighted by Crippen LogP contribution is 2.35. The van der Waals surface area contributed by atoms with Crippen molar-refractivity contribution >= 4 is 17.4 Å². The minimum atomic E-state index is 0.281. The van der Waals surface area contributed by atoms with Gasteiger partial charge in [0.15, 0.2) is 0 Å². The zero-order chi connectivity index (χ0) is 17.6. The van der Waals surface area contributed by atoms with Gasteiger partial charge in [-0.15, -0.1) is 0 Å². The monoisotopic (exact) mass is 337 g/mol. The molecule has 1 saturated carbocycles. The van der Waals surface area contributed by atoms with E-state index in [1.54, 1.807) is 0 Å². The Kier molecular flexibility index (Phi) is 3.80. The minimum absolute atomic E-state index is 0.281. The molecule has 7 heteroatoms. The highest BCUT2D eigenvalue weighted by atomic mass is 15.2. The summed E-state index contributed by atoms with van der Waals surface area (Å²) < 4.78 is 2.11. The summed E-state index contributed by atoms with van der Waals surface area (Å²) in [5, 5.41) is 0. The maximum Gasteiger partial charge on any atom is 0.222 e. The van der Waals surface area contributed by atoms with Crippen LogP contribution in [0.2, 0.25) is 0 Å². The first-order valence-corrected chi connectivity index (χ1v) is 8.55. The van der Waals surface area contributed by atoms with Crippen LogP contribution in [0.25, 0.3) is 5.65 Å². The lowest BCUT2D eigenvalue weighted by molar-refractivity contribution is 0.345. The molecule has 0 saturated heterocycles. The molecule has 0 bridgehead atoms. The first kappa shape index (κ1) is 15.8. The molecule has 1 aliphatic carbocycles. The van der Waals surface area contributed by atoms with Gasteiger partial charge in [0.25, 0.3) is 0 Å². The molecule has 1 fully saturated rings. The largest absolute Gasteiger partial charge is 0.368 e. The summed E-state index contributed by atoms with van der Waals surface area (Å²) in [5.41, 5.74) is 16.0. The van der Waals surface area contributed by atoms with Crippen molar-refractivity contribution in [2.75, 3.05) is 17.7 Å². The van der Waals surface area contributed by atoms with Crippen LogP contribution < -0.4 is 16.4 Å². The number of nitrogens with two attached hydrogens (primary N) is 2. The summed E-state index contributed by atoms with van der Waals surface area (Å²) in [5.74, 6) is 1.54. The molecule has 7 nitrogen and oxygen atoms in total. The zero-order valence-corrected chi connectivity index (χ0v) is 14.6. The number of nitrogen functional groups attached to an aromatic ring is 1. The van der Waals surface area contributed by atoms with Gasteiger partial charge in [-0.25, -0.2) is 9.97 Å². The average Bonchev–Trinajstić information content (AvgIpc) is 2.87. The predicted molar refractivity (Wildman–Crippen MR) is 98.4 cm³/mol. The lowest BCUT2D eigenvalue weighted by Crippen LogP contribution is -2.35. The fourth-order valence-electron chi connectivity index (χ4n) is 3.44. The molecule has 0 amide bonds. The Hall–Kier alpha value is -2.67. The number of aryl methyl sites for hydroxylation is 1. The Morgan fingerprint density at radius 1 is 1.24 bits per heavy atom. The van der Waals surface area contributed by atoms with Gasteiger partial charge in [-0.05, 0) is 31.9 Å². The van der Waals surface area contributed by atoms with E-state index in [0.29, 0.717) is 18.4 Å². The SMILES string of the molecule is Cc1nc2ccccn2c1CN(C)c1cc(C2CC(N)C2)nc(N)n1. The molecule has 130 valence electrons. The molecule has 1 aliphatic rings. The first-order chi connectivity index (χ1) is 12.0. The topological polar surface area (TPSA) is 98.4 Å².